The molecule has 5 heteroatoms. The van der Waals surface area contributed by atoms with E-state index < -0.39 is 6.10 Å². The van der Waals surface area contributed by atoms with Gasteiger partial charge in [-0.15, -0.1) is 0 Å². The van der Waals surface area contributed by atoms with E-state index >= 15 is 0 Å². The second kappa shape index (κ2) is 7.59. The minimum absolute atomic E-state index is 0.0855. The first-order chi connectivity index (χ1) is 15.3. The highest BCUT2D eigenvalue weighted by atomic mass is 19.1. The van der Waals surface area contributed by atoms with Crippen molar-refractivity contribution in [2.75, 3.05) is 6.54 Å². The van der Waals surface area contributed by atoms with Gasteiger partial charge in [-0.25, -0.2) is 9.37 Å². The van der Waals surface area contributed by atoms with E-state index in [2.05, 4.69) is 53.1 Å². The first-order valence-electron chi connectivity index (χ1n) is 11.3. The highest BCUT2D eigenvalue weighted by molar-refractivity contribution is 5.48. The topological polar surface area (TPSA) is 41.3 Å². The molecule has 2 aliphatic rings. The molecule has 4 nitrogen and oxygen atoms in total. The van der Waals surface area contributed by atoms with Gasteiger partial charge in [0.25, 0.3) is 0 Å². The van der Waals surface area contributed by atoms with E-state index in [-0.39, 0.29) is 23.2 Å². The number of aliphatic hydroxyl groups is 1. The molecule has 4 unspecified atom stereocenters. The second-order valence-corrected chi connectivity index (χ2v) is 9.44. The molecule has 3 aromatic rings. The molecule has 1 aromatic heterocycles. The zero-order valence-electron chi connectivity index (χ0n) is 18.9. The summed E-state index contributed by atoms with van der Waals surface area (Å²) in [4.78, 5) is 6.64. The van der Waals surface area contributed by atoms with Gasteiger partial charge >= 0.3 is 0 Å². The van der Waals surface area contributed by atoms with E-state index in [1.807, 2.05) is 31.6 Å². The number of imidazole rings is 1. The van der Waals surface area contributed by atoms with Gasteiger partial charge in [-0.2, -0.15) is 0 Å². The molecule has 4 atom stereocenters. The molecule has 5 rings (SSSR count). The zero-order chi connectivity index (χ0) is 22.6. The number of hydrogen-bond acceptors (Lipinski definition) is 3. The Morgan fingerprint density at radius 3 is 2.59 bits per heavy atom. The van der Waals surface area contributed by atoms with Crippen LogP contribution in [0.15, 0.2) is 67.3 Å². The summed E-state index contributed by atoms with van der Waals surface area (Å²) >= 11 is 0. The van der Waals surface area contributed by atoms with Crippen molar-refractivity contribution in [3.63, 3.8) is 0 Å². The molecular formula is C27H30FN3O. The summed E-state index contributed by atoms with van der Waals surface area (Å²) < 4.78 is 15.4. The normalized spacial score (nSPS) is 25.9. The molecule has 2 aromatic carbocycles. The Hall–Kier alpha value is -2.92. The maximum Gasteiger partial charge on any atom is 0.123 e. The van der Waals surface area contributed by atoms with Gasteiger partial charge in [0.15, 0.2) is 0 Å². The van der Waals surface area contributed by atoms with Crippen molar-refractivity contribution in [2.24, 2.45) is 5.41 Å². The summed E-state index contributed by atoms with van der Waals surface area (Å²) in [6.45, 7) is 11.5. The Morgan fingerprint density at radius 1 is 1.19 bits per heavy atom. The Labute approximate surface area is 189 Å². The molecule has 0 amide bonds. The fourth-order valence-corrected chi connectivity index (χ4v) is 5.58. The van der Waals surface area contributed by atoms with Crippen LogP contribution in [-0.2, 0) is 0 Å². The molecule has 1 aliphatic carbocycles. The van der Waals surface area contributed by atoms with Crippen molar-refractivity contribution in [2.45, 2.75) is 51.7 Å². The highest BCUT2D eigenvalue weighted by Gasteiger charge is 2.64. The molecule has 1 N–H and O–H groups in total. The second-order valence-electron chi connectivity index (χ2n) is 9.44. The van der Waals surface area contributed by atoms with E-state index in [9.17, 15) is 9.50 Å². The Kier molecular flexibility index (Phi) is 4.97. The van der Waals surface area contributed by atoms with E-state index in [1.54, 1.807) is 0 Å². The third-order valence-electron chi connectivity index (χ3n) is 7.56. The van der Waals surface area contributed by atoms with Crippen LogP contribution in [0.1, 0.15) is 54.1 Å². The molecule has 2 heterocycles. The van der Waals surface area contributed by atoms with Crippen molar-refractivity contribution in [3.05, 3.63) is 95.5 Å². The summed E-state index contributed by atoms with van der Waals surface area (Å²) in [7, 11) is 0. The Balaban J connectivity index is 1.41. The molecule has 0 radical (unpaired) electrons. The predicted molar refractivity (Wildman–Crippen MR) is 124 cm³/mol. The lowest BCUT2D eigenvalue weighted by Crippen LogP contribution is -2.44. The zero-order valence-corrected chi connectivity index (χ0v) is 18.9. The van der Waals surface area contributed by atoms with Crippen LogP contribution >= 0.6 is 0 Å². The first-order valence-corrected chi connectivity index (χ1v) is 11.3. The number of aryl methyl sites for hydroxylation is 2. The summed E-state index contributed by atoms with van der Waals surface area (Å²) in [5.41, 5.74) is 6.31. The van der Waals surface area contributed by atoms with Gasteiger partial charge in [0.1, 0.15) is 5.82 Å². The summed E-state index contributed by atoms with van der Waals surface area (Å²) in [6.07, 6.45) is 5.10. The van der Waals surface area contributed by atoms with Gasteiger partial charge in [0, 0.05) is 29.5 Å². The molecule has 166 valence electrons. The number of aromatic nitrogens is 2. The Morgan fingerprint density at radius 2 is 1.94 bits per heavy atom. The maximum absolute atomic E-state index is 13.4. The third-order valence-corrected chi connectivity index (χ3v) is 7.56. The largest absolute Gasteiger partial charge is 0.392 e. The van der Waals surface area contributed by atoms with Gasteiger partial charge < -0.3 is 14.6 Å². The molecule has 0 bridgehead atoms. The third kappa shape index (κ3) is 3.27. The van der Waals surface area contributed by atoms with Crippen molar-refractivity contribution in [3.8, 4) is 5.69 Å². The van der Waals surface area contributed by atoms with Gasteiger partial charge in [-0.05, 0) is 74.4 Å². The smallest absolute Gasteiger partial charge is 0.123 e. The highest BCUT2D eigenvalue weighted by Crippen LogP contribution is 2.68. The van der Waals surface area contributed by atoms with Crippen molar-refractivity contribution in [1.29, 1.82) is 0 Å². The average molecular weight is 432 g/mol. The Bertz CT molecular complexity index is 1170. The fourth-order valence-electron chi connectivity index (χ4n) is 5.58. The molecule has 1 aliphatic heterocycles. The minimum Gasteiger partial charge on any atom is -0.392 e. The van der Waals surface area contributed by atoms with Crippen LogP contribution in [0.5, 0.6) is 0 Å². The SMILES string of the molecule is C=C1N(C(C)c2ccc(F)cc2)CCC(O)C12CC2c1ccc(-n2cnc(C)c2)c(C)c1. The van der Waals surface area contributed by atoms with E-state index in [1.165, 1.54) is 23.3 Å². The lowest BCUT2D eigenvalue weighted by Gasteiger charge is -2.44. The number of halogens is 1. The van der Waals surface area contributed by atoms with E-state index in [0.29, 0.717) is 6.42 Å². The van der Waals surface area contributed by atoms with Crippen LogP contribution in [0, 0.1) is 25.1 Å². The van der Waals surface area contributed by atoms with Gasteiger partial charge in [-0.1, -0.05) is 30.8 Å². The molecule has 32 heavy (non-hydrogen) atoms. The number of hydrogen-bond donors (Lipinski definition) is 1. The molecular weight excluding hydrogens is 401 g/mol. The lowest BCUT2D eigenvalue weighted by molar-refractivity contribution is 0.0320. The van der Waals surface area contributed by atoms with Crippen molar-refractivity contribution in [1.82, 2.24) is 14.5 Å². The van der Waals surface area contributed by atoms with Gasteiger partial charge in [-0.3, -0.25) is 0 Å². The van der Waals surface area contributed by atoms with E-state index in [0.717, 1.165) is 35.6 Å². The van der Waals surface area contributed by atoms with Crippen molar-refractivity contribution >= 4 is 0 Å². The van der Waals surface area contributed by atoms with Crippen LogP contribution in [-0.4, -0.2) is 32.2 Å². The standard InChI is InChI=1S/C27H30FN3O/c1-17-13-22(7-10-25(17)30-15-18(2)29-16-30)24-14-27(24)20(4)31(12-11-26(27)32)19(3)21-5-8-23(28)9-6-21/h5-10,13,15-16,19,24,26,32H,4,11-12,14H2,1-3H3. The summed E-state index contributed by atoms with van der Waals surface area (Å²) in [6, 6.07) is 13.4. The number of piperidine rings is 1. The average Bonchev–Trinajstić information content (AvgIpc) is 3.39. The quantitative estimate of drug-likeness (QED) is 0.598. The van der Waals surface area contributed by atoms with Crippen molar-refractivity contribution < 1.29 is 9.50 Å². The molecule has 2 fully saturated rings. The van der Waals surface area contributed by atoms with E-state index in [4.69, 9.17) is 0 Å². The number of rotatable bonds is 4. The summed E-state index contributed by atoms with van der Waals surface area (Å²) in [5.74, 6) is 0.0303. The number of nitrogens with zero attached hydrogens (tertiary/aromatic N) is 3. The van der Waals surface area contributed by atoms with Gasteiger partial charge in [0.05, 0.1) is 24.2 Å². The predicted octanol–water partition coefficient (Wildman–Crippen LogP) is 5.44. The minimum atomic E-state index is -0.395. The fraction of sp³-hybridized carbons (Fsp3) is 0.370. The summed E-state index contributed by atoms with van der Waals surface area (Å²) in [5, 5.41) is 11.1. The monoisotopic (exact) mass is 431 g/mol. The molecule has 1 spiro atoms. The number of aliphatic hydroxyl groups excluding tert-OH is 1. The first kappa shape index (κ1) is 21.0. The van der Waals surface area contributed by atoms with Crippen LogP contribution < -0.4 is 0 Å². The number of benzene rings is 2. The molecule has 1 saturated heterocycles. The molecule has 1 saturated carbocycles. The van der Waals surface area contributed by atoms with Crippen LogP contribution in [0.2, 0.25) is 0 Å². The van der Waals surface area contributed by atoms with Gasteiger partial charge in [0.2, 0.25) is 0 Å². The lowest BCUT2D eigenvalue weighted by atomic mass is 9.83. The van der Waals surface area contributed by atoms with Crippen LogP contribution in [0.3, 0.4) is 0 Å². The van der Waals surface area contributed by atoms with Crippen LogP contribution in [0.25, 0.3) is 5.69 Å². The maximum atomic E-state index is 13.4. The number of likely N-dealkylation sites (tertiary alicyclic amines) is 1. The van der Waals surface area contributed by atoms with Crippen LogP contribution in [0.4, 0.5) is 4.39 Å².